The molecule has 1 unspecified atom stereocenters. The Bertz CT molecular complexity index is 401. The smallest absolute Gasteiger partial charge is 0.226 e. The number of ether oxygens (including phenoxy) is 1. The summed E-state index contributed by atoms with van der Waals surface area (Å²) in [4.78, 5) is 11.8. The van der Waals surface area contributed by atoms with E-state index in [0.29, 0.717) is 6.42 Å². The fourth-order valence-electron chi connectivity index (χ4n) is 2.19. The molecule has 0 bridgehead atoms. The lowest BCUT2D eigenvalue weighted by molar-refractivity contribution is -0.118. The molecule has 2 rings (SSSR count). The van der Waals surface area contributed by atoms with Gasteiger partial charge < -0.3 is 15.4 Å². The second-order valence-electron chi connectivity index (χ2n) is 4.62. The summed E-state index contributed by atoms with van der Waals surface area (Å²) in [6.07, 6.45) is 2.62. The van der Waals surface area contributed by atoms with Gasteiger partial charge >= 0.3 is 0 Å². The molecule has 98 valence electrons. The van der Waals surface area contributed by atoms with Crippen molar-refractivity contribution in [1.29, 1.82) is 0 Å². The topological polar surface area (TPSA) is 50.4 Å². The minimum atomic E-state index is 0.0310. The number of hydrogen-bond acceptors (Lipinski definition) is 3. The molecule has 0 spiro atoms. The molecular formula is C14H20N2O2. The molecule has 1 heterocycles. The molecule has 1 aromatic rings. The van der Waals surface area contributed by atoms with Crippen molar-refractivity contribution in [3.05, 3.63) is 29.8 Å². The Morgan fingerprint density at radius 2 is 2.39 bits per heavy atom. The Labute approximate surface area is 108 Å². The number of hydrogen-bond donors (Lipinski definition) is 2. The van der Waals surface area contributed by atoms with Crippen LogP contribution in [0.4, 0.5) is 5.69 Å². The minimum absolute atomic E-state index is 0.0310. The summed E-state index contributed by atoms with van der Waals surface area (Å²) >= 11 is 0. The highest BCUT2D eigenvalue weighted by molar-refractivity contribution is 5.91. The Morgan fingerprint density at radius 3 is 3.11 bits per heavy atom. The highest BCUT2D eigenvalue weighted by Crippen LogP contribution is 2.17. The van der Waals surface area contributed by atoms with E-state index in [1.54, 1.807) is 0 Å². The Morgan fingerprint density at radius 1 is 1.50 bits per heavy atom. The van der Waals surface area contributed by atoms with Crippen LogP contribution in [0.25, 0.3) is 0 Å². The number of carbonyl (C=O) groups excluding carboxylic acids is 1. The van der Waals surface area contributed by atoms with Crippen LogP contribution in [0, 0.1) is 0 Å². The molecule has 0 radical (unpaired) electrons. The van der Waals surface area contributed by atoms with Gasteiger partial charge in [-0.05, 0) is 37.6 Å². The molecule has 0 aliphatic carbocycles. The van der Waals surface area contributed by atoms with Crippen molar-refractivity contribution in [2.24, 2.45) is 0 Å². The van der Waals surface area contributed by atoms with Gasteiger partial charge in [-0.25, -0.2) is 0 Å². The minimum Gasteiger partial charge on any atom is -0.378 e. The zero-order chi connectivity index (χ0) is 12.8. The van der Waals surface area contributed by atoms with Crippen molar-refractivity contribution in [1.82, 2.24) is 5.32 Å². The van der Waals surface area contributed by atoms with Crippen molar-refractivity contribution in [3.8, 4) is 0 Å². The molecule has 1 saturated heterocycles. The van der Waals surface area contributed by atoms with Gasteiger partial charge in [-0.2, -0.15) is 0 Å². The van der Waals surface area contributed by atoms with Gasteiger partial charge in [0.25, 0.3) is 0 Å². The molecule has 1 amide bonds. The fraction of sp³-hybridized carbons (Fsp3) is 0.500. The van der Waals surface area contributed by atoms with Crippen molar-refractivity contribution in [3.63, 3.8) is 0 Å². The van der Waals surface area contributed by atoms with Crippen molar-refractivity contribution < 1.29 is 9.53 Å². The largest absolute Gasteiger partial charge is 0.378 e. The van der Waals surface area contributed by atoms with Crippen LogP contribution in [-0.4, -0.2) is 25.7 Å². The number of carbonyl (C=O) groups is 1. The molecule has 18 heavy (non-hydrogen) atoms. The predicted octanol–water partition coefficient (Wildman–Crippen LogP) is 1.91. The number of amides is 1. The maximum Gasteiger partial charge on any atom is 0.226 e. The van der Waals surface area contributed by atoms with E-state index < -0.39 is 0 Å². The molecule has 4 heteroatoms. The lowest BCUT2D eigenvalue weighted by Crippen LogP contribution is -2.19. The lowest BCUT2D eigenvalue weighted by Gasteiger charge is -2.10. The fourth-order valence-corrected chi connectivity index (χ4v) is 2.19. The first kappa shape index (κ1) is 13.1. The number of rotatable bonds is 5. The van der Waals surface area contributed by atoms with Crippen molar-refractivity contribution in [2.75, 3.05) is 19.0 Å². The lowest BCUT2D eigenvalue weighted by atomic mass is 10.1. The van der Waals surface area contributed by atoms with Gasteiger partial charge in [0.1, 0.15) is 0 Å². The zero-order valence-corrected chi connectivity index (χ0v) is 10.7. The standard InChI is InChI=1S/C14H20N2O2/c1-15-10-11-4-2-5-12(8-11)16-14(17)9-13-6-3-7-18-13/h2,4-5,8,13,15H,3,6-7,9-10H2,1H3,(H,16,17). The summed E-state index contributed by atoms with van der Waals surface area (Å²) in [5.41, 5.74) is 2.01. The number of anilines is 1. The monoisotopic (exact) mass is 248 g/mol. The van der Waals surface area contributed by atoms with E-state index in [4.69, 9.17) is 4.74 Å². The quantitative estimate of drug-likeness (QED) is 0.837. The average Bonchev–Trinajstić information content (AvgIpc) is 2.82. The Kier molecular flexibility index (Phi) is 4.73. The maximum absolute atomic E-state index is 11.8. The third kappa shape index (κ3) is 3.82. The van der Waals surface area contributed by atoms with E-state index in [1.807, 2.05) is 31.3 Å². The van der Waals surface area contributed by atoms with Crippen LogP contribution in [0.1, 0.15) is 24.8 Å². The van der Waals surface area contributed by atoms with E-state index in [1.165, 1.54) is 0 Å². The molecular weight excluding hydrogens is 228 g/mol. The second kappa shape index (κ2) is 6.52. The molecule has 1 fully saturated rings. The third-order valence-corrected chi connectivity index (χ3v) is 3.03. The Balaban J connectivity index is 1.87. The second-order valence-corrected chi connectivity index (χ2v) is 4.62. The summed E-state index contributed by atoms with van der Waals surface area (Å²) in [7, 11) is 1.91. The maximum atomic E-state index is 11.8. The molecule has 1 aliphatic rings. The van der Waals surface area contributed by atoms with Crippen LogP contribution in [0.15, 0.2) is 24.3 Å². The van der Waals surface area contributed by atoms with Crippen molar-refractivity contribution >= 4 is 11.6 Å². The van der Waals surface area contributed by atoms with E-state index in [9.17, 15) is 4.79 Å². The van der Waals surface area contributed by atoms with Gasteiger partial charge in [0, 0.05) is 18.8 Å². The Hall–Kier alpha value is -1.39. The summed E-state index contributed by atoms with van der Waals surface area (Å²) < 4.78 is 5.45. The highest BCUT2D eigenvalue weighted by Gasteiger charge is 2.18. The van der Waals surface area contributed by atoms with Crippen LogP contribution in [0.2, 0.25) is 0 Å². The van der Waals surface area contributed by atoms with Crippen LogP contribution in [0.3, 0.4) is 0 Å². The molecule has 0 aromatic heterocycles. The van der Waals surface area contributed by atoms with E-state index in [0.717, 1.165) is 37.2 Å². The number of nitrogens with one attached hydrogen (secondary N) is 2. The average molecular weight is 248 g/mol. The van der Waals surface area contributed by atoms with Gasteiger partial charge in [-0.1, -0.05) is 12.1 Å². The first-order valence-corrected chi connectivity index (χ1v) is 6.43. The van der Waals surface area contributed by atoms with E-state index in [-0.39, 0.29) is 12.0 Å². The van der Waals surface area contributed by atoms with Gasteiger partial charge in [0.2, 0.25) is 5.91 Å². The summed E-state index contributed by atoms with van der Waals surface area (Å²) in [5.74, 6) is 0.0310. The van der Waals surface area contributed by atoms with Gasteiger partial charge in [-0.3, -0.25) is 4.79 Å². The zero-order valence-electron chi connectivity index (χ0n) is 10.7. The third-order valence-electron chi connectivity index (χ3n) is 3.03. The normalized spacial score (nSPS) is 18.8. The molecule has 1 aromatic carbocycles. The molecule has 2 N–H and O–H groups in total. The molecule has 4 nitrogen and oxygen atoms in total. The molecule has 0 saturated carbocycles. The SMILES string of the molecule is CNCc1cccc(NC(=O)CC2CCCO2)c1. The van der Waals surface area contributed by atoms with Crippen LogP contribution in [-0.2, 0) is 16.1 Å². The summed E-state index contributed by atoms with van der Waals surface area (Å²) in [6.45, 7) is 1.59. The van der Waals surface area contributed by atoms with Gasteiger partial charge in [-0.15, -0.1) is 0 Å². The van der Waals surface area contributed by atoms with E-state index in [2.05, 4.69) is 10.6 Å². The van der Waals surface area contributed by atoms with Gasteiger partial charge in [0.05, 0.1) is 12.5 Å². The van der Waals surface area contributed by atoms with Gasteiger partial charge in [0.15, 0.2) is 0 Å². The predicted molar refractivity (Wildman–Crippen MR) is 71.4 cm³/mol. The van der Waals surface area contributed by atoms with Crippen LogP contribution < -0.4 is 10.6 Å². The molecule has 1 aliphatic heterocycles. The highest BCUT2D eigenvalue weighted by atomic mass is 16.5. The first-order chi connectivity index (χ1) is 8.78. The summed E-state index contributed by atoms with van der Waals surface area (Å²) in [5, 5.41) is 6.01. The van der Waals surface area contributed by atoms with Crippen LogP contribution >= 0.6 is 0 Å². The molecule has 1 atom stereocenters. The summed E-state index contributed by atoms with van der Waals surface area (Å²) in [6, 6.07) is 7.89. The van der Waals surface area contributed by atoms with E-state index >= 15 is 0 Å². The van der Waals surface area contributed by atoms with Crippen LogP contribution in [0.5, 0.6) is 0 Å². The first-order valence-electron chi connectivity index (χ1n) is 6.43. The number of benzene rings is 1. The van der Waals surface area contributed by atoms with Crippen molar-refractivity contribution in [2.45, 2.75) is 31.9 Å².